The second-order valence-corrected chi connectivity index (χ2v) is 9.73. The zero-order valence-electron chi connectivity index (χ0n) is 16.9. The first-order chi connectivity index (χ1) is 15.5. The fourth-order valence-corrected chi connectivity index (χ4v) is 5.78. The van der Waals surface area contributed by atoms with E-state index in [4.69, 9.17) is 9.47 Å². The van der Waals surface area contributed by atoms with Crippen molar-refractivity contribution in [1.29, 1.82) is 0 Å². The highest BCUT2D eigenvalue weighted by Crippen LogP contribution is 2.42. The van der Waals surface area contributed by atoms with Crippen LogP contribution in [-0.2, 0) is 14.8 Å². The molecule has 0 atom stereocenters. The van der Waals surface area contributed by atoms with Gasteiger partial charge in [-0.25, -0.2) is 18.4 Å². The number of ether oxygens (including phenoxy) is 2. The molecule has 1 N–H and O–H groups in total. The van der Waals surface area contributed by atoms with Gasteiger partial charge in [0.25, 0.3) is 10.0 Å². The lowest BCUT2D eigenvalue weighted by Gasteiger charge is -2.30. The van der Waals surface area contributed by atoms with Gasteiger partial charge in [-0.1, -0.05) is 30.0 Å². The van der Waals surface area contributed by atoms with Crippen LogP contribution in [0.4, 0.5) is 11.4 Å². The standard InChI is InChI=1S/C21H18N4O5S2/c1-2-25-15-6-4-3-5-14(15)20-18(32(25,27)28)10-22-21(24-20)31-11-19(26)23-13-7-8-16-17(9-13)30-12-29-16/h3-10H,2,11-12H2,1H3,(H,23,26). The molecule has 164 valence electrons. The molecule has 0 aliphatic carbocycles. The topological polar surface area (TPSA) is 111 Å². The van der Waals surface area contributed by atoms with Crippen LogP contribution in [0.5, 0.6) is 11.5 Å². The average molecular weight is 471 g/mol. The van der Waals surface area contributed by atoms with E-state index in [0.29, 0.717) is 45.8 Å². The number of nitrogens with zero attached hydrogens (tertiary/aromatic N) is 3. The zero-order valence-corrected chi connectivity index (χ0v) is 18.6. The lowest BCUT2D eigenvalue weighted by atomic mass is 10.1. The van der Waals surface area contributed by atoms with Crippen LogP contribution in [0.3, 0.4) is 0 Å². The Balaban J connectivity index is 1.35. The Labute approximate surface area is 188 Å². The molecule has 0 spiro atoms. The van der Waals surface area contributed by atoms with E-state index in [1.54, 1.807) is 37.3 Å². The Morgan fingerprint density at radius 1 is 1.19 bits per heavy atom. The number of carbonyl (C=O) groups excluding carboxylic acids is 1. The Bertz CT molecular complexity index is 1330. The summed E-state index contributed by atoms with van der Waals surface area (Å²) in [7, 11) is -3.74. The smallest absolute Gasteiger partial charge is 0.268 e. The van der Waals surface area contributed by atoms with Crippen LogP contribution in [0.2, 0.25) is 0 Å². The van der Waals surface area contributed by atoms with E-state index in [-0.39, 0.29) is 23.3 Å². The minimum atomic E-state index is -3.74. The number of anilines is 2. The van der Waals surface area contributed by atoms with Crippen molar-refractivity contribution in [3.05, 3.63) is 48.7 Å². The number of para-hydroxylation sites is 1. The number of sulfonamides is 1. The Morgan fingerprint density at radius 2 is 2.00 bits per heavy atom. The third-order valence-electron chi connectivity index (χ3n) is 5.00. The van der Waals surface area contributed by atoms with E-state index in [1.165, 1.54) is 10.5 Å². The molecular formula is C21H18N4O5S2. The lowest BCUT2D eigenvalue weighted by Crippen LogP contribution is -2.34. The summed E-state index contributed by atoms with van der Waals surface area (Å²) in [5, 5.41) is 3.11. The zero-order chi connectivity index (χ0) is 22.3. The van der Waals surface area contributed by atoms with Crippen LogP contribution in [-0.4, -0.2) is 43.4 Å². The van der Waals surface area contributed by atoms with Gasteiger partial charge in [-0.05, 0) is 25.1 Å². The molecule has 0 radical (unpaired) electrons. The predicted molar refractivity (Wildman–Crippen MR) is 120 cm³/mol. The normalized spacial score (nSPS) is 15.1. The number of fused-ring (bicyclic) bond motifs is 4. The molecule has 11 heteroatoms. The fourth-order valence-electron chi connectivity index (χ4n) is 3.59. The molecular weight excluding hydrogens is 452 g/mol. The van der Waals surface area contributed by atoms with Crippen molar-refractivity contribution in [2.75, 3.05) is 28.7 Å². The van der Waals surface area contributed by atoms with Crippen molar-refractivity contribution >= 4 is 39.1 Å². The number of hydrogen-bond acceptors (Lipinski definition) is 8. The summed E-state index contributed by atoms with van der Waals surface area (Å²) >= 11 is 1.13. The first-order valence-corrected chi connectivity index (χ1v) is 12.2. The second-order valence-electron chi connectivity index (χ2n) is 6.96. The van der Waals surface area contributed by atoms with Crippen LogP contribution in [0.25, 0.3) is 11.3 Å². The predicted octanol–water partition coefficient (Wildman–Crippen LogP) is 3.13. The molecule has 0 bridgehead atoms. The maximum Gasteiger partial charge on any atom is 0.268 e. The van der Waals surface area contributed by atoms with Crippen molar-refractivity contribution in [2.45, 2.75) is 17.0 Å². The molecule has 2 aromatic carbocycles. The largest absolute Gasteiger partial charge is 0.454 e. The van der Waals surface area contributed by atoms with E-state index in [9.17, 15) is 13.2 Å². The van der Waals surface area contributed by atoms with E-state index < -0.39 is 10.0 Å². The van der Waals surface area contributed by atoms with Crippen LogP contribution >= 0.6 is 11.8 Å². The van der Waals surface area contributed by atoms with Gasteiger partial charge in [0.2, 0.25) is 12.7 Å². The van der Waals surface area contributed by atoms with E-state index in [2.05, 4.69) is 15.3 Å². The minimum absolute atomic E-state index is 0.0582. The Hall–Kier alpha value is -3.31. The third kappa shape index (κ3) is 3.53. The molecule has 0 fully saturated rings. The Kier molecular flexibility index (Phi) is 5.14. The van der Waals surface area contributed by atoms with Crippen molar-refractivity contribution in [3.63, 3.8) is 0 Å². The number of nitrogens with one attached hydrogen (secondary N) is 1. The number of hydrogen-bond donors (Lipinski definition) is 1. The Morgan fingerprint density at radius 3 is 2.84 bits per heavy atom. The molecule has 1 amide bonds. The number of rotatable bonds is 5. The van der Waals surface area contributed by atoms with Crippen molar-refractivity contribution < 1.29 is 22.7 Å². The van der Waals surface area contributed by atoms with Gasteiger partial charge in [0.1, 0.15) is 4.90 Å². The number of amides is 1. The van der Waals surface area contributed by atoms with Gasteiger partial charge in [0, 0.05) is 23.9 Å². The van der Waals surface area contributed by atoms with Crippen LogP contribution in [0.15, 0.2) is 58.7 Å². The van der Waals surface area contributed by atoms with Crippen LogP contribution < -0.4 is 19.1 Å². The molecule has 3 aromatic rings. The van der Waals surface area contributed by atoms with Gasteiger partial charge in [-0.2, -0.15) is 0 Å². The summed E-state index contributed by atoms with van der Waals surface area (Å²) < 4.78 is 38.0. The summed E-state index contributed by atoms with van der Waals surface area (Å²) in [6.07, 6.45) is 1.31. The number of thioether (sulfide) groups is 1. The molecule has 3 heterocycles. The quantitative estimate of drug-likeness (QED) is 0.447. The van der Waals surface area contributed by atoms with Gasteiger partial charge < -0.3 is 14.8 Å². The highest BCUT2D eigenvalue weighted by molar-refractivity contribution is 7.99. The highest BCUT2D eigenvalue weighted by Gasteiger charge is 2.35. The molecule has 0 saturated carbocycles. The minimum Gasteiger partial charge on any atom is -0.454 e. The number of benzene rings is 2. The molecule has 9 nitrogen and oxygen atoms in total. The maximum absolute atomic E-state index is 13.0. The molecule has 5 rings (SSSR count). The first kappa shape index (κ1) is 20.6. The monoisotopic (exact) mass is 470 g/mol. The van der Waals surface area contributed by atoms with Crippen molar-refractivity contribution in [2.24, 2.45) is 0 Å². The van der Waals surface area contributed by atoms with E-state index in [0.717, 1.165) is 11.8 Å². The van der Waals surface area contributed by atoms with Crippen LogP contribution in [0, 0.1) is 0 Å². The first-order valence-electron chi connectivity index (χ1n) is 9.79. The summed E-state index contributed by atoms with van der Waals surface area (Å²) in [4.78, 5) is 21.1. The molecule has 0 unspecified atom stereocenters. The van der Waals surface area contributed by atoms with Crippen LogP contribution in [0.1, 0.15) is 6.92 Å². The molecule has 0 saturated heterocycles. The summed E-state index contributed by atoms with van der Waals surface area (Å²) in [5.74, 6) is 1.02. The number of aromatic nitrogens is 2. The summed E-state index contributed by atoms with van der Waals surface area (Å²) in [5.41, 5.74) is 2.23. The molecule has 1 aromatic heterocycles. The van der Waals surface area contributed by atoms with E-state index in [1.807, 2.05) is 12.1 Å². The number of carbonyl (C=O) groups is 1. The fraction of sp³-hybridized carbons (Fsp3) is 0.190. The molecule has 32 heavy (non-hydrogen) atoms. The molecule has 2 aliphatic rings. The van der Waals surface area contributed by atoms with Gasteiger partial charge in [0.05, 0.1) is 23.3 Å². The second kappa shape index (κ2) is 7.99. The summed E-state index contributed by atoms with van der Waals surface area (Å²) in [6.45, 7) is 2.24. The lowest BCUT2D eigenvalue weighted by molar-refractivity contribution is -0.113. The van der Waals surface area contributed by atoms with E-state index >= 15 is 0 Å². The summed E-state index contributed by atoms with van der Waals surface area (Å²) in [6, 6.07) is 12.4. The SMILES string of the molecule is CCN1c2ccccc2-c2nc(SCC(=O)Nc3ccc4c(c3)OCO4)ncc2S1(=O)=O. The van der Waals surface area contributed by atoms with Gasteiger partial charge in [-0.15, -0.1) is 0 Å². The van der Waals surface area contributed by atoms with Gasteiger partial charge >= 0.3 is 0 Å². The van der Waals surface area contributed by atoms with Gasteiger partial charge in [-0.3, -0.25) is 9.10 Å². The third-order valence-corrected chi connectivity index (χ3v) is 7.76. The average Bonchev–Trinajstić information content (AvgIpc) is 3.26. The molecule has 2 aliphatic heterocycles. The van der Waals surface area contributed by atoms with Crippen molar-refractivity contribution in [3.8, 4) is 22.8 Å². The van der Waals surface area contributed by atoms with Gasteiger partial charge in [0.15, 0.2) is 16.7 Å². The van der Waals surface area contributed by atoms with Crippen molar-refractivity contribution in [1.82, 2.24) is 9.97 Å². The highest BCUT2D eigenvalue weighted by atomic mass is 32.2. The maximum atomic E-state index is 13.0.